The van der Waals surface area contributed by atoms with Crippen LogP contribution in [0, 0.1) is 22.7 Å². The number of nitrogens with zero attached hydrogens (tertiary/aromatic N) is 1. The number of carbonyl (C=O) groups is 8. The number of carboxylic acid groups (broad SMARTS) is 8. The molecule has 5 heterocycles. The zero-order chi connectivity index (χ0) is 46.7. The summed E-state index contributed by atoms with van der Waals surface area (Å²) in [7, 11) is 0. The maximum Gasteiger partial charge on any atom is 0.122 e. The number of carboxylic acids is 8. The molecule has 20 heteroatoms. The van der Waals surface area contributed by atoms with Crippen LogP contribution in [0.2, 0.25) is 0 Å². The molecule has 0 spiro atoms. The van der Waals surface area contributed by atoms with Crippen LogP contribution in [-0.4, -0.2) is 63.4 Å². The summed E-state index contributed by atoms with van der Waals surface area (Å²) >= 11 is 0. The standard InChI is InChI=1S/C43H50N4O16/c1-19-40-23(13-37(58)59)21(5-9-33(50)51)27(46-40)14-26-20(4-8-32(48)49)22(12-36(56)57)28(44-26)15-29-24(6-10-34(52)53)42(2,17-38(60)61)31(45-29)16-30-25(7-11-35(54)55)43(3,18-39(62)63)41(19)47-30/h15-16,24-25,44,46-47H,4-14,17-18H2,1-3H3,(H,48,49)(H,50,51)(H,52,53)(H,54,55)(H,56,57)(H,58,59)(H,60,61)(H,62,63)/p-7/b29-15-,30-16-,41-19-/t24-,25-,42+,43+/m1/s1. The Balaban J connectivity index is 2.00. The van der Waals surface area contributed by atoms with Gasteiger partial charge >= 0.3 is 0 Å². The van der Waals surface area contributed by atoms with Crippen LogP contribution in [0.5, 0.6) is 0 Å². The van der Waals surface area contributed by atoms with Crippen LogP contribution in [0.1, 0.15) is 117 Å². The van der Waals surface area contributed by atoms with Crippen molar-refractivity contribution in [3.8, 4) is 0 Å². The summed E-state index contributed by atoms with van der Waals surface area (Å²) in [5, 5.41) is 98.8. The van der Waals surface area contributed by atoms with Gasteiger partial charge in [0.1, 0.15) is 11.4 Å². The van der Waals surface area contributed by atoms with Gasteiger partial charge in [0.25, 0.3) is 0 Å². The normalized spacial score (nSPS) is 24.5. The molecule has 8 bridgehead atoms. The maximum atomic E-state index is 12.6. The number of quaternary nitrogens is 1. The molecule has 20 nitrogen and oxygen atoms in total. The topological polar surface area (TPSA) is 382 Å². The summed E-state index contributed by atoms with van der Waals surface area (Å²) < 4.78 is 0. The Morgan fingerprint density at radius 1 is 0.619 bits per heavy atom. The van der Waals surface area contributed by atoms with Gasteiger partial charge in [-0.25, -0.2) is 0 Å². The average Bonchev–Trinajstić information content (AvgIpc) is 3.80. The van der Waals surface area contributed by atoms with Crippen molar-refractivity contribution in [3.63, 3.8) is 0 Å². The summed E-state index contributed by atoms with van der Waals surface area (Å²) in [5.41, 5.74) is -1.52. The van der Waals surface area contributed by atoms with Crippen LogP contribution in [0.15, 0.2) is 28.2 Å². The third-order valence-electron chi connectivity index (χ3n) is 12.5. The third kappa shape index (κ3) is 10.3. The van der Waals surface area contributed by atoms with E-state index in [0.29, 0.717) is 0 Å². The van der Waals surface area contributed by atoms with Gasteiger partial charge in [0.15, 0.2) is 0 Å². The molecule has 0 amide bonds. The minimum atomic E-state index is -1.60. The number of hydrogen-bond acceptors (Lipinski definition) is 17. The number of aliphatic imine (C=N–C) groups is 1. The zero-order valence-electron chi connectivity index (χ0n) is 34.6. The van der Waals surface area contributed by atoms with Gasteiger partial charge in [0.2, 0.25) is 0 Å². The highest BCUT2D eigenvalue weighted by molar-refractivity contribution is 6.05. The predicted octanol–water partition coefficient (Wildman–Crippen LogP) is -7.53. The van der Waals surface area contributed by atoms with E-state index in [0.717, 1.165) is 0 Å². The number of nitrogens with two attached hydrogens (primary N) is 1. The first-order valence-corrected chi connectivity index (χ1v) is 20.1. The molecule has 5 rings (SSSR count). The molecule has 0 unspecified atom stereocenters. The van der Waals surface area contributed by atoms with Crippen molar-refractivity contribution in [2.75, 3.05) is 0 Å². The molecule has 0 aromatic carbocycles. The quantitative estimate of drug-likeness (QED) is 0.111. The molecule has 2 aromatic heterocycles. The van der Waals surface area contributed by atoms with E-state index in [1.54, 1.807) is 5.32 Å². The van der Waals surface area contributed by atoms with Crippen molar-refractivity contribution in [1.82, 2.24) is 9.97 Å². The average molecular weight is 872 g/mol. The molecule has 0 saturated carbocycles. The molecule has 0 radical (unpaired) electrons. The largest absolute Gasteiger partial charge is 0.550 e. The Labute approximate surface area is 359 Å². The Morgan fingerprint density at radius 2 is 1.11 bits per heavy atom. The lowest BCUT2D eigenvalue weighted by molar-refractivity contribution is -0.548. The zero-order valence-corrected chi connectivity index (χ0v) is 34.6. The van der Waals surface area contributed by atoms with Crippen molar-refractivity contribution < 1.29 is 84.5 Å². The van der Waals surface area contributed by atoms with E-state index in [-0.39, 0.29) is 106 Å². The Morgan fingerprint density at radius 3 is 1.63 bits per heavy atom. The maximum absolute atomic E-state index is 12.6. The molecule has 1 saturated heterocycles. The Bertz CT molecular complexity index is 2410. The first kappa shape index (κ1) is 47.2. The van der Waals surface area contributed by atoms with Crippen LogP contribution in [-0.2, 0) is 70.5 Å². The number of carbonyl (C=O) groups excluding carboxylic acids is 8. The highest BCUT2D eigenvalue weighted by atomic mass is 16.4. The summed E-state index contributed by atoms with van der Waals surface area (Å²) in [6, 6.07) is 0. The Kier molecular flexibility index (Phi) is 14.0. The molecule has 2 aromatic rings. The minimum absolute atomic E-state index is 0.00873. The fraction of sp³-hybridized carbons (Fsp3) is 0.465. The number of allylic oxidation sites excluding steroid dienone is 5. The van der Waals surface area contributed by atoms with Gasteiger partial charge in [0, 0.05) is 125 Å². The number of hydrogen-bond donors (Lipinski definition) is 3. The molecule has 3 aliphatic heterocycles. The lowest BCUT2D eigenvalue weighted by Crippen LogP contribution is -2.78. The van der Waals surface area contributed by atoms with Crippen molar-refractivity contribution in [2.45, 2.75) is 104 Å². The SMILES string of the molecule is C/C1=C2/[NH2+]/C(=C\C3=NC(=C\c4[nH]c(c(CCC(=O)[O-])c4CC(=O)[O-])Cc4[nH]c1c(CC(=O)[O-])c4CCC(=O)[O-])/[C@@H](CCC(=O)[O-])[C@]3(C)CC(=O)[O-])[C@@H](CCC(=O)[O-])[C@]2(C)CC(=O)[O-]. The lowest BCUT2D eigenvalue weighted by Gasteiger charge is -2.33. The van der Waals surface area contributed by atoms with Gasteiger partial charge in [-0.1, -0.05) is 6.92 Å². The number of fused-ring (bicyclic) bond motifs is 7. The summed E-state index contributed by atoms with van der Waals surface area (Å²) in [6.07, 6.45) is -4.11. The van der Waals surface area contributed by atoms with E-state index in [1.807, 2.05) is 0 Å². The number of nitrogens with one attached hydrogen (secondary N) is 2. The van der Waals surface area contributed by atoms with Crippen LogP contribution in [0.4, 0.5) is 0 Å². The number of aromatic nitrogens is 2. The summed E-state index contributed by atoms with van der Waals surface area (Å²) in [5.74, 6) is -14.3. The third-order valence-corrected chi connectivity index (χ3v) is 12.5. The summed E-state index contributed by atoms with van der Waals surface area (Å²) in [6.45, 7) is 4.53. The van der Waals surface area contributed by atoms with E-state index in [9.17, 15) is 79.2 Å². The van der Waals surface area contributed by atoms with Gasteiger partial charge in [0.05, 0.1) is 16.8 Å². The molecular weight excluding hydrogens is 828 g/mol. The second-order valence-corrected chi connectivity index (χ2v) is 16.7. The fourth-order valence-electron chi connectivity index (χ4n) is 9.75. The van der Waals surface area contributed by atoms with Gasteiger partial charge < -0.3 is 89.2 Å². The molecule has 3 aliphatic rings. The van der Waals surface area contributed by atoms with Crippen molar-refractivity contribution in [1.29, 1.82) is 0 Å². The number of rotatable bonds is 20. The van der Waals surface area contributed by atoms with Gasteiger partial charge in [-0.2, -0.15) is 0 Å². The molecule has 1 fully saturated rings. The van der Waals surface area contributed by atoms with Gasteiger partial charge in [-0.3, -0.25) is 10.3 Å². The fourth-order valence-corrected chi connectivity index (χ4v) is 9.75. The molecule has 0 aliphatic carbocycles. The van der Waals surface area contributed by atoms with Crippen LogP contribution in [0.3, 0.4) is 0 Å². The Hall–Kier alpha value is -6.83. The molecule has 4 atom stereocenters. The van der Waals surface area contributed by atoms with Crippen LogP contribution in [0.25, 0.3) is 11.6 Å². The van der Waals surface area contributed by atoms with Crippen molar-refractivity contribution >= 4 is 65.1 Å². The van der Waals surface area contributed by atoms with E-state index < -0.39 is 122 Å². The highest BCUT2D eigenvalue weighted by Crippen LogP contribution is 2.51. The van der Waals surface area contributed by atoms with Crippen molar-refractivity contribution in [2.24, 2.45) is 27.7 Å². The van der Waals surface area contributed by atoms with E-state index >= 15 is 0 Å². The second kappa shape index (κ2) is 18.6. The number of H-pyrrole nitrogens is 2. The van der Waals surface area contributed by atoms with Crippen LogP contribution < -0.4 is 46.2 Å². The lowest BCUT2D eigenvalue weighted by atomic mass is 9.68. The first-order valence-electron chi connectivity index (χ1n) is 20.1. The summed E-state index contributed by atoms with van der Waals surface area (Å²) in [4.78, 5) is 108. The second-order valence-electron chi connectivity index (χ2n) is 16.7. The molecular formula is C43H43N4O16-7. The monoisotopic (exact) mass is 871 g/mol. The molecule has 4 N–H and O–H groups in total. The first-order chi connectivity index (χ1) is 29.4. The number of aliphatic carboxylic acids is 8. The van der Waals surface area contributed by atoms with Crippen molar-refractivity contribution in [3.05, 3.63) is 68.2 Å². The number of aromatic amines is 2. The van der Waals surface area contributed by atoms with E-state index in [4.69, 9.17) is 4.99 Å². The van der Waals surface area contributed by atoms with Gasteiger partial charge in [-0.15, -0.1) is 0 Å². The molecule has 338 valence electrons. The van der Waals surface area contributed by atoms with E-state index in [2.05, 4.69) is 9.97 Å². The minimum Gasteiger partial charge on any atom is -0.550 e. The smallest absolute Gasteiger partial charge is 0.122 e. The van der Waals surface area contributed by atoms with Crippen LogP contribution >= 0.6 is 0 Å². The van der Waals surface area contributed by atoms with E-state index in [1.165, 1.54) is 32.9 Å². The predicted molar refractivity (Wildman–Crippen MR) is 197 cm³/mol. The highest BCUT2D eigenvalue weighted by Gasteiger charge is 2.53. The molecule has 63 heavy (non-hydrogen) atoms. The van der Waals surface area contributed by atoms with Gasteiger partial charge in [-0.05, 0) is 100.0 Å².